The molecular weight excluding hydrogens is 100 g/mol. The van der Waals surface area contributed by atoms with E-state index in [1.165, 1.54) is 0 Å². The molecule has 0 aliphatic carbocycles. The first-order valence-corrected chi connectivity index (χ1v) is 1.71. The van der Waals surface area contributed by atoms with Crippen molar-refractivity contribution in [2.24, 2.45) is 0 Å². The van der Waals surface area contributed by atoms with E-state index in [1.807, 2.05) is 0 Å². The first-order valence-electron chi connectivity index (χ1n) is 1.71. The van der Waals surface area contributed by atoms with Gasteiger partial charge in [-0.25, -0.2) is 9.78 Å². The molecule has 0 spiro atoms. The third-order valence-electron chi connectivity index (χ3n) is 0.409. The molecule has 4 nitrogen and oxygen atoms in total. The van der Waals surface area contributed by atoms with Crippen LogP contribution in [0.4, 0.5) is 0 Å². The minimum atomic E-state index is -0.718. The van der Waals surface area contributed by atoms with Crippen molar-refractivity contribution in [1.29, 1.82) is 0 Å². The van der Waals surface area contributed by atoms with E-state index in [1.54, 1.807) is 0 Å². The lowest BCUT2D eigenvalue weighted by Gasteiger charge is -2.00. The highest BCUT2D eigenvalue weighted by atomic mass is 17.1. The summed E-state index contributed by atoms with van der Waals surface area (Å²) in [7, 11) is 0. The largest absolute Gasteiger partial charge is 0.252 e. The molecule has 0 saturated carbocycles. The Morgan fingerprint density at radius 2 is 2.14 bits per heavy atom. The maximum atomic E-state index is 7.71. The van der Waals surface area contributed by atoms with E-state index in [4.69, 9.17) is 10.5 Å². The van der Waals surface area contributed by atoms with Crippen molar-refractivity contribution in [2.45, 2.75) is 6.10 Å². The van der Waals surface area contributed by atoms with Gasteiger partial charge < -0.3 is 0 Å². The average Bonchev–Trinajstić information content (AvgIpc) is 1.68. The van der Waals surface area contributed by atoms with Crippen LogP contribution in [0.2, 0.25) is 0 Å². The molecule has 0 heterocycles. The molecule has 0 aromatic rings. The van der Waals surface area contributed by atoms with Crippen molar-refractivity contribution in [3.63, 3.8) is 0 Å². The highest BCUT2D eigenvalue weighted by Crippen LogP contribution is 1.83. The second-order valence-corrected chi connectivity index (χ2v) is 1.02. The summed E-state index contributed by atoms with van der Waals surface area (Å²) in [6.45, 7) is 3.06. The van der Waals surface area contributed by atoms with Crippen LogP contribution in [-0.2, 0) is 9.78 Å². The van der Waals surface area contributed by atoms with Crippen LogP contribution < -0.4 is 0 Å². The van der Waals surface area contributed by atoms with E-state index in [0.29, 0.717) is 0 Å². The fourth-order valence-electron chi connectivity index (χ4n) is 0.114. The topological polar surface area (TPSA) is 58.9 Å². The lowest BCUT2D eigenvalue weighted by molar-refractivity contribution is -0.316. The van der Waals surface area contributed by atoms with Gasteiger partial charge >= 0.3 is 0 Å². The quantitative estimate of drug-likeness (QED) is 0.398. The van der Waals surface area contributed by atoms with Crippen molar-refractivity contribution in [3.8, 4) is 0 Å². The van der Waals surface area contributed by atoms with Gasteiger partial charge in [-0.2, -0.15) is 0 Å². The molecule has 0 rings (SSSR count). The van der Waals surface area contributed by atoms with Gasteiger partial charge in [0.1, 0.15) is 12.7 Å². The molecule has 0 aliphatic heterocycles. The zero-order chi connectivity index (χ0) is 5.70. The van der Waals surface area contributed by atoms with E-state index in [0.717, 1.165) is 0 Å². The molecule has 4 heteroatoms. The van der Waals surface area contributed by atoms with E-state index in [2.05, 4.69) is 16.7 Å². The average molecular weight is 107 g/mol. The third-order valence-corrected chi connectivity index (χ3v) is 0.409. The Labute approximate surface area is 41.1 Å². The molecule has 1 radical (unpaired) electrons. The molecular formula is C3H7O4. The molecule has 0 aromatic carbocycles. The summed E-state index contributed by atoms with van der Waals surface area (Å²) >= 11 is 0. The van der Waals surface area contributed by atoms with Crippen molar-refractivity contribution < 1.29 is 20.3 Å². The fourth-order valence-corrected chi connectivity index (χ4v) is 0.114. The summed E-state index contributed by atoms with van der Waals surface area (Å²) in [5.74, 6) is 0. The summed E-state index contributed by atoms with van der Waals surface area (Å²) in [6, 6.07) is 0. The highest BCUT2D eigenvalue weighted by molar-refractivity contribution is 4.52. The Balaban J connectivity index is 2.83. The van der Waals surface area contributed by atoms with Gasteiger partial charge in [0.15, 0.2) is 0 Å². The molecule has 43 valence electrons. The predicted molar refractivity (Wildman–Crippen MR) is 21.4 cm³/mol. The normalized spacial score (nSPS) is 14.1. The fraction of sp³-hybridized carbons (Fsp3) is 0.667. The lowest BCUT2D eigenvalue weighted by Crippen LogP contribution is -2.12. The molecule has 0 saturated heterocycles. The first kappa shape index (κ1) is 6.84. The summed E-state index contributed by atoms with van der Waals surface area (Å²) in [6.07, 6.45) is -0.718. The highest BCUT2D eigenvalue weighted by Gasteiger charge is 1.97. The van der Waals surface area contributed by atoms with Crippen molar-refractivity contribution in [1.82, 2.24) is 0 Å². The van der Waals surface area contributed by atoms with Gasteiger partial charge in [0.25, 0.3) is 0 Å². The van der Waals surface area contributed by atoms with Crippen molar-refractivity contribution >= 4 is 0 Å². The maximum absolute atomic E-state index is 7.71. The molecule has 0 aromatic heterocycles. The van der Waals surface area contributed by atoms with E-state index < -0.39 is 6.10 Å². The van der Waals surface area contributed by atoms with Gasteiger partial charge in [0, 0.05) is 0 Å². The van der Waals surface area contributed by atoms with Gasteiger partial charge in [-0.1, -0.05) is 0 Å². The first-order chi connectivity index (χ1) is 3.31. The second kappa shape index (κ2) is 4.01. The second-order valence-electron chi connectivity index (χ2n) is 1.02. The smallest absolute Gasteiger partial charge is 0.119 e. The number of hydrogen-bond donors (Lipinski definition) is 2. The van der Waals surface area contributed by atoms with Crippen LogP contribution in [0.5, 0.6) is 0 Å². The Bertz CT molecular complexity index is 37.9. The van der Waals surface area contributed by atoms with Gasteiger partial charge in [-0.15, -0.1) is 0 Å². The lowest BCUT2D eigenvalue weighted by atomic mass is 10.5. The summed E-state index contributed by atoms with van der Waals surface area (Å²) in [5.41, 5.74) is 0. The number of rotatable bonds is 3. The van der Waals surface area contributed by atoms with Crippen LogP contribution in [-0.4, -0.2) is 23.2 Å². The molecule has 1 unspecified atom stereocenters. The van der Waals surface area contributed by atoms with Gasteiger partial charge in [0.05, 0.1) is 0 Å². The maximum Gasteiger partial charge on any atom is 0.119 e. The molecule has 7 heavy (non-hydrogen) atoms. The van der Waals surface area contributed by atoms with Crippen LogP contribution in [0, 0.1) is 6.92 Å². The molecule has 2 N–H and O–H groups in total. The number of hydrogen-bond acceptors (Lipinski definition) is 4. The standard InChI is InChI=1S/C3H7O4/c1-3(7-5)2-6-4/h3-5H,1-2H2. The van der Waals surface area contributed by atoms with Crippen LogP contribution in [0.15, 0.2) is 0 Å². The van der Waals surface area contributed by atoms with Crippen LogP contribution in [0.1, 0.15) is 0 Å². The minimum Gasteiger partial charge on any atom is -0.252 e. The summed E-state index contributed by atoms with van der Waals surface area (Å²) in [5, 5.41) is 15.3. The summed E-state index contributed by atoms with van der Waals surface area (Å²) in [4.78, 5) is 7.14. The Morgan fingerprint density at radius 3 is 2.29 bits per heavy atom. The monoisotopic (exact) mass is 107 g/mol. The van der Waals surface area contributed by atoms with Crippen molar-refractivity contribution in [2.75, 3.05) is 6.61 Å². The molecule has 0 bridgehead atoms. The van der Waals surface area contributed by atoms with Gasteiger partial charge in [-0.05, 0) is 6.92 Å². The Hall–Kier alpha value is -0.160. The van der Waals surface area contributed by atoms with E-state index in [-0.39, 0.29) is 6.61 Å². The zero-order valence-corrected chi connectivity index (χ0v) is 3.70. The Morgan fingerprint density at radius 1 is 1.57 bits per heavy atom. The van der Waals surface area contributed by atoms with E-state index >= 15 is 0 Å². The molecule has 1 atom stereocenters. The van der Waals surface area contributed by atoms with Crippen LogP contribution >= 0.6 is 0 Å². The van der Waals surface area contributed by atoms with Gasteiger partial charge in [0.2, 0.25) is 0 Å². The molecule has 0 fully saturated rings. The zero-order valence-electron chi connectivity index (χ0n) is 3.70. The third kappa shape index (κ3) is 3.68. The van der Waals surface area contributed by atoms with Crippen molar-refractivity contribution in [3.05, 3.63) is 6.92 Å². The predicted octanol–water partition coefficient (Wildman–Crippen LogP) is 0.168. The van der Waals surface area contributed by atoms with Crippen LogP contribution in [0.25, 0.3) is 0 Å². The summed E-state index contributed by atoms with van der Waals surface area (Å²) < 4.78 is 0. The molecule has 0 amide bonds. The minimum absolute atomic E-state index is 0.128. The van der Waals surface area contributed by atoms with E-state index in [9.17, 15) is 0 Å². The Kier molecular flexibility index (Phi) is 3.92. The SMILES string of the molecule is [CH2]C(COO)OO. The van der Waals surface area contributed by atoms with Gasteiger partial charge in [-0.3, -0.25) is 10.5 Å². The van der Waals surface area contributed by atoms with Crippen LogP contribution in [0.3, 0.4) is 0 Å². The molecule has 0 aliphatic rings.